The van der Waals surface area contributed by atoms with Gasteiger partial charge in [-0.2, -0.15) is 0 Å². The lowest BCUT2D eigenvalue weighted by Crippen LogP contribution is -2.60. The van der Waals surface area contributed by atoms with E-state index in [0.717, 1.165) is 69.7 Å². The number of nitro benzene ring substituents is 1. The number of rotatable bonds is 16. The van der Waals surface area contributed by atoms with Gasteiger partial charge in [0.1, 0.15) is 44.8 Å². The third kappa shape index (κ3) is 10.7. The molecule has 7 aromatic rings. The summed E-state index contributed by atoms with van der Waals surface area (Å²) < 4.78 is 59.1. The minimum Gasteiger partial charge on any atom is -0.497 e. The highest BCUT2D eigenvalue weighted by atomic mass is 32.2. The van der Waals surface area contributed by atoms with E-state index in [0.29, 0.717) is 68.3 Å². The number of hydrogen-bond acceptors (Lipinski definition) is 14. The van der Waals surface area contributed by atoms with Crippen LogP contribution in [0.5, 0.6) is 17.2 Å². The van der Waals surface area contributed by atoms with Gasteiger partial charge in [-0.05, 0) is 123 Å². The van der Waals surface area contributed by atoms with Crippen LogP contribution in [0.1, 0.15) is 111 Å². The predicted molar refractivity (Wildman–Crippen MR) is 296 cm³/mol. The van der Waals surface area contributed by atoms with Gasteiger partial charge in [-0.1, -0.05) is 50.2 Å². The monoisotopic (exact) mass is 1080 g/mol. The number of benzene rings is 4. The number of carbonyl (C=O) groups excluding carboxylic acids is 1. The van der Waals surface area contributed by atoms with Gasteiger partial charge in [0, 0.05) is 81.6 Å². The lowest BCUT2D eigenvalue weighted by Gasteiger charge is -2.58. The van der Waals surface area contributed by atoms with Crippen molar-refractivity contribution in [3.8, 4) is 17.2 Å². The van der Waals surface area contributed by atoms with Gasteiger partial charge in [-0.3, -0.25) is 24.7 Å². The molecule has 2 saturated carbocycles. The van der Waals surface area contributed by atoms with Crippen LogP contribution in [0.4, 0.5) is 21.5 Å². The van der Waals surface area contributed by atoms with Gasteiger partial charge in [0.2, 0.25) is 0 Å². The highest BCUT2D eigenvalue weighted by Gasteiger charge is 2.50. The normalized spacial score (nSPS) is 21.2. The number of carbonyl (C=O) groups is 1. The summed E-state index contributed by atoms with van der Waals surface area (Å²) in [6.45, 7) is 11.5. The fourth-order valence-electron chi connectivity index (χ4n) is 12.6. The molecule has 3 aromatic heterocycles. The molecule has 5 N–H and O–H groups in total. The molecule has 2 aliphatic carbocycles. The minimum absolute atomic E-state index is 0.0460. The third-order valence-electron chi connectivity index (χ3n) is 17.0. The molecule has 1 spiro atoms. The van der Waals surface area contributed by atoms with Crippen LogP contribution < -0.4 is 24.4 Å². The molecular weight excluding hydrogens is 1020 g/mol. The summed E-state index contributed by atoms with van der Waals surface area (Å²) in [4.78, 5) is 47.4. The number of piperidine rings is 1. The number of fused-ring (bicyclic) bond motifs is 2. The highest BCUT2D eigenvalue weighted by molar-refractivity contribution is 7.90. The number of aliphatic hydroxyl groups is 1. The third-order valence-corrected chi connectivity index (χ3v) is 18.4. The molecule has 2 aliphatic heterocycles. The Morgan fingerprint density at radius 3 is 2.45 bits per heavy atom. The van der Waals surface area contributed by atoms with E-state index in [2.05, 4.69) is 85.3 Å². The van der Waals surface area contributed by atoms with Gasteiger partial charge in [0.15, 0.2) is 0 Å². The lowest BCUT2D eigenvalue weighted by atomic mass is 9.59. The number of anilines is 2. The Hall–Kier alpha value is -7.13. The second-order valence-electron chi connectivity index (χ2n) is 22.6. The Bertz CT molecular complexity index is 3470. The smallest absolute Gasteiger partial charge is 0.296 e. The maximum atomic E-state index is 16.8. The Labute approximate surface area is 452 Å². The van der Waals surface area contributed by atoms with Gasteiger partial charge in [-0.15, -0.1) is 0 Å². The van der Waals surface area contributed by atoms with Crippen LogP contribution in [0.25, 0.3) is 22.1 Å². The Kier molecular flexibility index (Phi) is 14.4. The number of nitro groups is 1. The maximum absolute atomic E-state index is 16.8. The summed E-state index contributed by atoms with van der Waals surface area (Å²) >= 11 is 0. The van der Waals surface area contributed by atoms with Crippen LogP contribution in [-0.2, 0) is 16.6 Å². The number of aromatic nitrogens is 4. The van der Waals surface area contributed by atoms with Crippen LogP contribution in [-0.4, -0.2) is 112 Å². The largest absolute Gasteiger partial charge is 0.497 e. The van der Waals surface area contributed by atoms with Crippen molar-refractivity contribution in [2.45, 2.75) is 107 Å². The molecule has 0 unspecified atom stereocenters. The zero-order valence-electron chi connectivity index (χ0n) is 44.4. The summed E-state index contributed by atoms with van der Waals surface area (Å²) in [5.74, 6) is -0.517. The van der Waals surface area contributed by atoms with Crippen LogP contribution in [0.2, 0.25) is 0 Å². The number of nitrogens with zero attached hydrogens (tertiary/aromatic N) is 6. The number of imidazole rings is 1. The SMILES string of the molecule is COc1ccc(CN2CCN(C3CC4(CCN(c5cc(Oc6cnc7[nH]ccc7c6)c(C(=O)NS(=O)(=O)c6cc([N+](=O)[O-])c(NC[C@H]7CC[C@](C)(O)CC7)c7[nH]cnc67)cc5F)CC4)C3)[C@H](c3ccccc3C(C)C)C2)cc1. The molecule has 1 amide bonds. The van der Waals surface area contributed by atoms with E-state index in [1.807, 2.05) is 21.8 Å². The predicted octanol–water partition coefficient (Wildman–Crippen LogP) is 10.2. The highest BCUT2D eigenvalue weighted by Crippen LogP contribution is 2.54. The first-order valence-corrected chi connectivity index (χ1v) is 28.5. The maximum Gasteiger partial charge on any atom is 0.296 e. The van der Waals surface area contributed by atoms with Crippen molar-refractivity contribution in [3.63, 3.8) is 0 Å². The van der Waals surface area contributed by atoms with Gasteiger partial charge in [0.05, 0.1) is 46.9 Å². The Balaban J connectivity index is 0.817. The quantitative estimate of drug-likeness (QED) is 0.0449. The van der Waals surface area contributed by atoms with E-state index < -0.39 is 48.4 Å². The summed E-state index contributed by atoms with van der Waals surface area (Å²) in [6, 6.07) is 24.6. The average Bonchev–Trinajstić information content (AvgIpc) is 4.26. The number of aromatic amines is 2. The first-order chi connectivity index (χ1) is 37.4. The molecule has 1 atom stereocenters. The summed E-state index contributed by atoms with van der Waals surface area (Å²) in [5, 5.41) is 26.9. The van der Waals surface area contributed by atoms with Crippen molar-refractivity contribution < 1.29 is 37.1 Å². The van der Waals surface area contributed by atoms with Crippen LogP contribution in [0, 0.1) is 27.3 Å². The fourth-order valence-corrected chi connectivity index (χ4v) is 13.7. The first kappa shape index (κ1) is 52.9. The van der Waals surface area contributed by atoms with Crippen LogP contribution in [0.3, 0.4) is 0 Å². The van der Waals surface area contributed by atoms with Gasteiger partial charge < -0.3 is 34.8 Å². The second-order valence-corrected chi connectivity index (χ2v) is 24.2. The molecule has 4 fully saturated rings. The van der Waals surface area contributed by atoms with Crippen molar-refractivity contribution in [2.24, 2.45) is 11.3 Å². The molecule has 0 radical (unpaired) electrons. The molecule has 18 nitrogen and oxygen atoms in total. The van der Waals surface area contributed by atoms with Crippen LogP contribution in [0.15, 0.2) is 102 Å². The number of methoxy groups -OCH3 is 1. The van der Waals surface area contributed by atoms with Crippen molar-refractivity contribution in [3.05, 3.63) is 136 Å². The molecule has 410 valence electrons. The van der Waals surface area contributed by atoms with Crippen LogP contribution >= 0.6 is 0 Å². The number of ether oxygens (including phenoxy) is 2. The average molecular weight is 1080 g/mol. The van der Waals surface area contributed by atoms with E-state index in [1.54, 1.807) is 32.4 Å². The van der Waals surface area contributed by atoms with E-state index in [-0.39, 0.29) is 51.3 Å². The standard InChI is InChI=1S/C58H67FN10O8S/c1-36(2)43-7-5-6-8-44(43)49-34-66(33-38-9-11-41(76-4)12-10-38)23-24-68(49)40-29-58(30-40)18-21-67(22-19-58)47-27-50(77-42-25-39-15-20-60-55(39)62-32-42)45(26-46(47)59)56(70)65-78(74,75)51-28-48(69(72)73)52(54-53(51)63-35-64-54)61-31-37-13-16-57(3,71)17-14-37/h5-12,15,20,25-28,32,35-37,40,49,61,71H,13-14,16-19,21-24,29-31,33-34H2,1-4H3,(H,60,62)(H,63,64)(H,65,70)/t37-,49-,57-/m0/s1. The number of amides is 1. The summed E-state index contributed by atoms with van der Waals surface area (Å²) in [5.41, 5.74) is 3.14. The van der Waals surface area contributed by atoms with Crippen molar-refractivity contribution in [2.75, 3.05) is 56.6 Å². The molecule has 78 heavy (non-hydrogen) atoms. The van der Waals surface area contributed by atoms with Crippen molar-refractivity contribution in [1.82, 2.24) is 34.5 Å². The fraction of sp³-hybridized carbons (Fsp3) is 0.431. The van der Waals surface area contributed by atoms with E-state index in [9.17, 15) is 28.4 Å². The molecule has 11 rings (SSSR count). The zero-order valence-corrected chi connectivity index (χ0v) is 45.2. The van der Waals surface area contributed by atoms with E-state index in [1.165, 1.54) is 35.3 Å². The minimum atomic E-state index is -4.90. The molecule has 4 aromatic carbocycles. The van der Waals surface area contributed by atoms with Crippen molar-refractivity contribution in [1.29, 1.82) is 0 Å². The first-order valence-electron chi connectivity index (χ1n) is 27.0. The molecule has 20 heteroatoms. The molecule has 4 aliphatic rings. The number of hydrogen-bond donors (Lipinski definition) is 5. The number of nitrogens with one attached hydrogen (secondary N) is 4. The van der Waals surface area contributed by atoms with E-state index >= 15 is 4.39 Å². The molecule has 5 heterocycles. The van der Waals surface area contributed by atoms with Gasteiger partial charge >= 0.3 is 0 Å². The summed E-state index contributed by atoms with van der Waals surface area (Å²) in [7, 11) is -3.22. The van der Waals surface area contributed by atoms with Crippen molar-refractivity contribution >= 4 is 55.1 Å². The Morgan fingerprint density at radius 2 is 1.72 bits per heavy atom. The summed E-state index contributed by atoms with van der Waals surface area (Å²) in [6.07, 6.45) is 10.7. The number of piperazine rings is 1. The molecule has 0 bridgehead atoms. The Morgan fingerprint density at radius 1 is 0.962 bits per heavy atom. The van der Waals surface area contributed by atoms with E-state index in [4.69, 9.17) is 9.47 Å². The number of sulfonamides is 1. The second kappa shape index (κ2) is 21.3. The number of pyridine rings is 1. The number of halogens is 1. The lowest BCUT2D eigenvalue weighted by molar-refractivity contribution is -0.384. The molecule has 2 saturated heterocycles. The van der Waals surface area contributed by atoms with Gasteiger partial charge in [-0.25, -0.2) is 27.5 Å². The van der Waals surface area contributed by atoms with Gasteiger partial charge in [0.25, 0.3) is 21.6 Å². The topological polar surface area (TPSA) is 224 Å². The molecular formula is C58H67FN10O8S. The number of H-pyrrole nitrogens is 2. The zero-order chi connectivity index (χ0) is 54.5.